The highest BCUT2D eigenvalue weighted by atomic mass is 32.1. The average Bonchev–Trinajstić information content (AvgIpc) is 3.10. The summed E-state index contributed by atoms with van der Waals surface area (Å²) in [5.74, 6) is 1.48. The fraction of sp³-hybridized carbons (Fsp3) is 0.824. The maximum Gasteiger partial charge on any atom is 0.113 e. The molecule has 2 saturated carbocycles. The zero-order chi connectivity index (χ0) is 14.2. The van der Waals surface area contributed by atoms with Gasteiger partial charge in [-0.25, -0.2) is 4.98 Å². The molecule has 112 valence electrons. The molecular weight excluding hydrogens is 264 g/mol. The van der Waals surface area contributed by atoms with E-state index in [0.717, 1.165) is 12.0 Å². The van der Waals surface area contributed by atoms with Crippen molar-refractivity contribution >= 4 is 11.3 Å². The van der Waals surface area contributed by atoms with E-state index in [1.807, 2.05) is 11.3 Å². The first-order valence-corrected chi connectivity index (χ1v) is 9.24. The van der Waals surface area contributed by atoms with Gasteiger partial charge in [0.25, 0.3) is 0 Å². The van der Waals surface area contributed by atoms with Crippen molar-refractivity contribution in [2.24, 2.45) is 5.92 Å². The second-order valence-corrected chi connectivity index (χ2v) is 7.94. The smallest absolute Gasteiger partial charge is 0.113 e. The summed E-state index contributed by atoms with van der Waals surface area (Å²) in [7, 11) is 0. The molecule has 3 heteroatoms. The summed E-state index contributed by atoms with van der Waals surface area (Å²) in [6.45, 7) is 6.83. The molecular formula is C17H28N2S. The van der Waals surface area contributed by atoms with Crippen LogP contribution in [0, 0.1) is 5.92 Å². The zero-order valence-corrected chi connectivity index (χ0v) is 13.9. The van der Waals surface area contributed by atoms with Crippen molar-refractivity contribution in [2.45, 2.75) is 83.2 Å². The van der Waals surface area contributed by atoms with E-state index < -0.39 is 0 Å². The maximum absolute atomic E-state index is 4.99. The van der Waals surface area contributed by atoms with Gasteiger partial charge in [0.1, 0.15) is 5.01 Å². The Morgan fingerprint density at radius 2 is 2.00 bits per heavy atom. The van der Waals surface area contributed by atoms with Gasteiger partial charge in [0, 0.05) is 11.4 Å². The molecule has 2 fully saturated rings. The van der Waals surface area contributed by atoms with E-state index in [1.165, 1.54) is 55.6 Å². The minimum Gasteiger partial charge on any atom is -0.303 e. The molecule has 20 heavy (non-hydrogen) atoms. The molecule has 1 heterocycles. The topological polar surface area (TPSA) is 24.9 Å². The Bertz CT molecular complexity index is 440. The molecule has 0 spiro atoms. The van der Waals surface area contributed by atoms with Crippen molar-refractivity contribution < 1.29 is 0 Å². The van der Waals surface area contributed by atoms with Crippen molar-refractivity contribution in [3.05, 3.63) is 16.1 Å². The third-order valence-electron chi connectivity index (χ3n) is 5.12. The van der Waals surface area contributed by atoms with Gasteiger partial charge >= 0.3 is 0 Å². The fourth-order valence-electron chi connectivity index (χ4n) is 3.39. The third-order valence-corrected chi connectivity index (χ3v) is 6.18. The van der Waals surface area contributed by atoms with Crippen LogP contribution in [0.15, 0.2) is 5.38 Å². The lowest BCUT2D eigenvalue weighted by Gasteiger charge is -2.39. The van der Waals surface area contributed by atoms with Gasteiger partial charge in [0.2, 0.25) is 0 Å². The molecule has 0 unspecified atom stereocenters. The molecule has 0 saturated heterocycles. The maximum atomic E-state index is 4.99. The lowest BCUT2D eigenvalue weighted by Crippen LogP contribution is -2.46. The minimum atomic E-state index is 0.199. The SMILES string of the molecule is CCC1CCC(NC2CC2)(c2nc(C(C)C)cs2)CC1. The van der Waals surface area contributed by atoms with E-state index in [4.69, 9.17) is 4.98 Å². The lowest BCUT2D eigenvalue weighted by atomic mass is 9.75. The molecule has 0 atom stereocenters. The van der Waals surface area contributed by atoms with E-state index in [9.17, 15) is 0 Å². The molecule has 0 radical (unpaired) electrons. The summed E-state index contributed by atoms with van der Waals surface area (Å²) in [6, 6.07) is 0.763. The second kappa shape index (κ2) is 5.76. The van der Waals surface area contributed by atoms with Crippen LogP contribution in [0.5, 0.6) is 0 Å². The number of nitrogens with one attached hydrogen (secondary N) is 1. The van der Waals surface area contributed by atoms with E-state index >= 15 is 0 Å². The molecule has 2 nitrogen and oxygen atoms in total. The van der Waals surface area contributed by atoms with Crippen LogP contribution in [0.3, 0.4) is 0 Å². The van der Waals surface area contributed by atoms with Crippen LogP contribution in [0.4, 0.5) is 0 Å². The van der Waals surface area contributed by atoms with Crippen LogP contribution in [0.2, 0.25) is 0 Å². The summed E-state index contributed by atoms with van der Waals surface area (Å²) >= 11 is 1.89. The number of nitrogens with zero attached hydrogens (tertiary/aromatic N) is 1. The Labute approximate surface area is 127 Å². The summed E-state index contributed by atoms with van der Waals surface area (Å²) in [5, 5.41) is 7.61. The van der Waals surface area contributed by atoms with Gasteiger partial charge in [-0.2, -0.15) is 0 Å². The largest absolute Gasteiger partial charge is 0.303 e. The van der Waals surface area contributed by atoms with Crippen molar-refractivity contribution in [3.8, 4) is 0 Å². The highest BCUT2D eigenvalue weighted by Crippen LogP contribution is 2.44. The molecule has 1 aromatic rings. The number of hydrogen-bond donors (Lipinski definition) is 1. The molecule has 0 aliphatic heterocycles. The van der Waals surface area contributed by atoms with Crippen LogP contribution in [-0.4, -0.2) is 11.0 Å². The summed E-state index contributed by atoms with van der Waals surface area (Å²) in [6.07, 6.45) is 9.37. The number of thiazole rings is 1. The predicted octanol–water partition coefficient (Wildman–Crippen LogP) is 4.81. The molecule has 2 aliphatic carbocycles. The van der Waals surface area contributed by atoms with E-state index in [2.05, 4.69) is 31.5 Å². The summed E-state index contributed by atoms with van der Waals surface area (Å²) in [4.78, 5) is 4.99. The quantitative estimate of drug-likeness (QED) is 0.842. The van der Waals surface area contributed by atoms with Gasteiger partial charge in [0.15, 0.2) is 0 Å². The molecule has 0 amide bonds. The fourth-order valence-corrected chi connectivity index (χ4v) is 4.59. The van der Waals surface area contributed by atoms with Crippen LogP contribution < -0.4 is 5.32 Å². The molecule has 3 rings (SSSR count). The molecule has 1 aromatic heterocycles. The van der Waals surface area contributed by atoms with Gasteiger partial charge < -0.3 is 5.32 Å². The summed E-state index contributed by atoms with van der Waals surface area (Å²) in [5.41, 5.74) is 1.48. The molecule has 0 bridgehead atoms. The minimum absolute atomic E-state index is 0.199. The van der Waals surface area contributed by atoms with Gasteiger partial charge in [-0.1, -0.05) is 27.2 Å². The van der Waals surface area contributed by atoms with Gasteiger partial charge in [0.05, 0.1) is 11.2 Å². The van der Waals surface area contributed by atoms with Crippen molar-refractivity contribution in [1.82, 2.24) is 10.3 Å². The normalized spacial score (nSPS) is 30.9. The second-order valence-electron chi connectivity index (χ2n) is 7.08. The highest BCUT2D eigenvalue weighted by Gasteiger charge is 2.42. The van der Waals surface area contributed by atoms with Crippen LogP contribution in [0.25, 0.3) is 0 Å². The van der Waals surface area contributed by atoms with Crippen LogP contribution in [0.1, 0.15) is 82.3 Å². The Kier molecular flexibility index (Phi) is 4.19. The Morgan fingerprint density at radius 1 is 1.30 bits per heavy atom. The lowest BCUT2D eigenvalue weighted by molar-refractivity contribution is 0.182. The first-order chi connectivity index (χ1) is 9.63. The van der Waals surface area contributed by atoms with Crippen LogP contribution >= 0.6 is 11.3 Å². The number of hydrogen-bond acceptors (Lipinski definition) is 3. The first kappa shape index (κ1) is 14.5. The number of rotatable bonds is 5. The standard InChI is InChI=1S/C17H28N2S/c1-4-13-7-9-17(10-8-13,19-14-5-6-14)16-18-15(11-20-16)12(2)3/h11-14,19H,4-10H2,1-3H3. The van der Waals surface area contributed by atoms with Crippen LogP contribution in [-0.2, 0) is 5.54 Å². The monoisotopic (exact) mass is 292 g/mol. The Balaban J connectivity index is 1.81. The van der Waals surface area contributed by atoms with E-state index in [1.54, 1.807) is 0 Å². The Hall–Kier alpha value is -0.410. The predicted molar refractivity (Wildman–Crippen MR) is 86.3 cm³/mol. The van der Waals surface area contributed by atoms with Gasteiger partial charge in [-0.3, -0.25) is 0 Å². The van der Waals surface area contributed by atoms with E-state index in [-0.39, 0.29) is 5.54 Å². The highest BCUT2D eigenvalue weighted by molar-refractivity contribution is 7.09. The Morgan fingerprint density at radius 3 is 2.50 bits per heavy atom. The molecule has 1 N–H and O–H groups in total. The zero-order valence-electron chi connectivity index (χ0n) is 13.1. The molecule has 0 aromatic carbocycles. The van der Waals surface area contributed by atoms with Crippen molar-refractivity contribution in [3.63, 3.8) is 0 Å². The van der Waals surface area contributed by atoms with E-state index in [0.29, 0.717) is 5.92 Å². The average molecular weight is 292 g/mol. The molecule has 2 aliphatic rings. The van der Waals surface area contributed by atoms with Crippen molar-refractivity contribution in [1.29, 1.82) is 0 Å². The third kappa shape index (κ3) is 2.94. The van der Waals surface area contributed by atoms with Gasteiger partial charge in [-0.15, -0.1) is 11.3 Å². The summed E-state index contributed by atoms with van der Waals surface area (Å²) < 4.78 is 0. The van der Waals surface area contributed by atoms with Crippen molar-refractivity contribution in [2.75, 3.05) is 0 Å². The van der Waals surface area contributed by atoms with Gasteiger partial charge in [-0.05, 0) is 50.4 Å². The number of aromatic nitrogens is 1. The first-order valence-electron chi connectivity index (χ1n) is 8.36.